The van der Waals surface area contributed by atoms with Crippen molar-refractivity contribution < 1.29 is 28.8 Å². The number of amides is 1. The fraction of sp³-hybridized carbons (Fsp3) is 0.367. The molecule has 39 heavy (non-hydrogen) atoms. The molecule has 0 unspecified atom stereocenters. The molecular weight excluding hydrogens is 498 g/mol. The zero-order chi connectivity index (χ0) is 26.6. The number of benzene rings is 3. The summed E-state index contributed by atoms with van der Waals surface area (Å²) in [6.45, 7) is 5.24. The molecule has 2 atom stereocenters. The molecule has 3 aromatic carbocycles. The minimum absolute atomic E-state index is 0.152. The largest absolute Gasteiger partial charge is 0.454 e. The van der Waals surface area contributed by atoms with Crippen LogP contribution in [0.3, 0.4) is 0 Å². The predicted molar refractivity (Wildman–Crippen MR) is 144 cm³/mol. The summed E-state index contributed by atoms with van der Waals surface area (Å²) in [6, 6.07) is 20.7. The first-order valence-electron chi connectivity index (χ1n) is 13.4. The molecule has 1 fully saturated rings. The second kappa shape index (κ2) is 11.5. The van der Waals surface area contributed by atoms with Crippen LogP contribution in [0.15, 0.2) is 66.7 Å². The van der Waals surface area contributed by atoms with Gasteiger partial charge in [0.25, 0.3) is 5.91 Å². The SMILES string of the molecule is O=C(N[C@@H](Cc1ccccc1)[C@H](O)CN1CCN(Cc2ccc3c(c2)OCO3)CC1)c1ccc2c(c1)OCO2. The third-order valence-corrected chi connectivity index (χ3v) is 7.47. The number of aliphatic hydroxyl groups excluding tert-OH is 1. The van der Waals surface area contributed by atoms with Gasteiger partial charge in [-0.25, -0.2) is 0 Å². The van der Waals surface area contributed by atoms with Gasteiger partial charge in [0.15, 0.2) is 23.0 Å². The van der Waals surface area contributed by atoms with Gasteiger partial charge in [-0.05, 0) is 47.9 Å². The monoisotopic (exact) mass is 531 g/mol. The molecule has 9 nitrogen and oxygen atoms in total. The van der Waals surface area contributed by atoms with E-state index in [1.807, 2.05) is 36.4 Å². The molecule has 6 rings (SSSR count). The Hall–Kier alpha value is -3.79. The predicted octanol–water partition coefficient (Wildman–Crippen LogP) is 2.66. The van der Waals surface area contributed by atoms with E-state index in [1.165, 1.54) is 5.56 Å². The van der Waals surface area contributed by atoms with Crippen molar-refractivity contribution in [2.45, 2.75) is 25.1 Å². The molecule has 204 valence electrons. The molecule has 0 bridgehead atoms. The van der Waals surface area contributed by atoms with Gasteiger partial charge in [-0.2, -0.15) is 0 Å². The Labute approximate surface area is 227 Å². The van der Waals surface area contributed by atoms with E-state index in [2.05, 4.69) is 27.2 Å². The molecule has 0 spiro atoms. The number of fused-ring (bicyclic) bond motifs is 2. The summed E-state index contributed by atoms with van der Waals surface area (Å²) in [5, 5.41) is 14.4. The number of nitrogens with one attached hydrogen (secondary N) is 1. The van der Waals surface area contributed by atoms with Gasteiger partial charge in [0.2, 0.25) is 13.6 Å². The number of piperazine rings is 1. The van der Waals surface area contributed by atoms with Gasteiger partial charge < -0.3 is 29.4 Å². The molecule has 3 aromatic rings. The average molecular weight is 532 g/mol. The van der Waals surface area contributed by atoms with Crippen LogP contribution in [0.5, 0.6) is 23.0 Å². The number of carbonyl (C=O) groups excluding carboxylic acids is 1. The second-order valence-electron chi connectivity index (χ2n) is 10.2. The van der Waals surface area contributed by atoms with Gasteiger partial charge in [0, 0.05) is 44.8 Å². The third-order valence-electron chi connectivity index (χ3n) is 7.47. The van der Waals surface area contributed by atoms with Crippen molar-refractivity contribution in [2.75, 3.05) is 46.3 Å². The van der Waals surface area contributed by atoms with Crippen molar-refractivity contribution >= 4 is 5.91 Å². The molecule has 0 aromatic heterocycles. The van der Waals surface area contributed by atoms with Crippen molar-refractivity contribution in [3.8, 4) is 23.0 Å². The summed E-state index contributed by atoms with van der Waals surface area (Å²) in [4.78, 5) is 17.8. The van der Waals surface area contributed by atoms with E-state index >= 15 is 0 Å². The highest BCUT2D eigenvalue weighted by atomic mass is 16.7. The molecule has 3 heterocycles. The van der Waals surface area contributed by atoms with Crippen molar-refractivity contribution in [3.63, 3.8) is 0 Å². The molecule has 0 saturated carbocycles. The number of carbonyl (C=O) groups is 1. The lowest BCUT2D eigenvalue weighted by molar-refractivity contribution is 0.0477. The number of hydrogen-bond donors (Lipinski definition) is 2. The number of nitrogens with zero attached hydrogens (tertiary/aromatic N) is 2. The summed E-state index contributed by atoms with van der Waals surface area (Å²) in [6.07, 6.45) is -0.203. The molecule has 3 aliphatic rings. The fourth-order valence-corrected chi connectivity index (χ4v) is 5.26. The molecule has 9 heteroatoms. The number of β-amino-alcohol motifs (C(OH)–C–C–N with tert-alkyl or cyclic N) is 1. The molecule has 0 radical (unpaired) electrons. The Morgan fingerprint density at radius 3 is 2.15 bits per heavy atom. The summed E-state index contributed by atoms with van der Waals surface area (Å²) >= 11 is 0. The number of hydrogen-bond acceptors (Lipinski definition) is 8. The molecule has 0 aliphatic carbocycles. The van der Waals surface area contributed by atoms with Gasteiger partial charge in [-0.1, -0.05) is 36.4 Å². The van der Waals surface area contributed by atoms with Crippen molar-refractivity contribution in [3.05, 3.63) is 83.4 Å². The maximum Gasteiger partial charge on any atom is 0.251 e. The summed E-state index contributed by atoms with van der Waals surface area (Å²) in [7, 11) is 0. The zero-order valence-corrected chi connectivity index (χ0v) is 21.8. The number of ether oxygens (including phenoxy) is 4. The lowest BCUT2D eigenvalue weighted by Gasteiger charge is -2.37. The van der Waals surface area contributed by atoms with Crippen LogP contribution < -0.4 is 24.3 Å². The van der Waals surface area contributed by atoms with Gasteiger partial charge in [-0.15, -0.1) is 0 Å². The van der Waals surface area contributed by atoms with E-state index in [0.717, 1.165) is 49.8 Å². The second-order valence-corrected chi connectivity index (χ2v) is 10.2. The Kier molecular flexibility index (Phi) is 7.53. The van der Waals surface area contributed by atoms with E-state index in [1.54, 1.807) is 18.2 Å². The highest BCUT2D eigenvalue weighted by Crippen LogP contribution is 2.33. The van der Waals surface area contributed by atoms with Crippen LogP contribution in [0.2, 0.25) is 0 Å². The van der Waals surface area contributed by atoms with Crippen LogP contribution >= 0.6 is 0 Å². The van der Waals surface area contributed by atoms with E-state index in [-0.39, 0.29) is 19.5 Å². The van der Waals surface area contributed by atoms with Crippen LogP contribution in [-0.4, -0.2) is 79.3 Å². The highest BCUT2D eigenvalue weighted by Gasteiger charge is 2.27. The first kappa shape index (κ1) is 25.5. The Balaban J connectivity index is 1.06. The normalized spacial score (nSPS) is 18.1. The lowest BCUT2D eigenvalue weighted by atomic mass is 10.00. The topological polar surface area (TPSA) is 92.7 Å². The lowest BCUT2D eigenvalue weighted by Crippen LogP contribution is -2.53. The van der Waals surface area contributed by atoms with Gasteiger partial charge in [-0.3, -0.25) is 14.6 Å². The van der Waals surface area contributed by atoms with Gasteiger partial charge in [0.05, 0.1) is 12.1 Å². The summed E-state index contributed by atoms with van der Waals surface area (Å²) in [5.41, 5.74) is 2.73. The zero-order valence-electron chi connectivity index (χ0n) is 21.8. The third kappa shape index (κ3) is 6.11. The van der Waals surface area contributed by atoms with Crippen LogP contribution in [0.1, 0.15) is 21.5 Å². The minimum atomic E-state index is -0.733. The molecule has 2 N–H and O–H groups in total. The quantitative estimate of drug-likeness (QED) is 0.436. The number of aliphatic hydroxyl groups is 1. The Morgan fingerprint density at radius 2 is 1.41 bits per heavy atom. The van der Waals surface area contributed by atoms with Crippen molar-refractivity contribution in [2.24, 2.45) is 0 Å². The van der Waals surface area contributed by atoms with Crippen molar-refractivity contribution in [1.29, 1.82) is 0 Å². The molecular formula is C30H33N3O6. The Morgan fingerprint density at radius 1 is 0.769 bits per heavy atom. The van der Waals surface area contributed by atoms with Gasteiger partial charge >= 0.3 is 0 Å². The summed E-state index contributed by atoms with van der Waals surface area (Å²) in [5.74, 6) is 2.54. The van der Waals surface area contributed by atoms with Crippen LogP contribution in [0.25, 0.3) is 0 Å². The minimum Gasteiger partial charge on any atom is -0.454 e. The van der Waals surface area contributed by atoms with E-state index in [0.29, 0.717) is 30.0 Å². The molecule has 1 amide bonds. The molecule has 3 aliphatic heterocycles. The van der Waals surface area contributed by atoms with Crippen molar-refractivity contribution in [1.82, 2.24) is 15.1 Å². The fourth-order valence-electron chi connectivity index (χ4n) is 5.26. The van der Waals surface area contributed by atoms with E-state index in [9.17, 15) is 9.90 Å². The maximum atomic E-state index is 13.2. The smallest absolute Gasteiger partial charge is 0.251 e. The maximum absolute atomic E-state index is 13.2. The van der Waals surface area contributed by atoms with Gasteiger partial charge in [0.1, 0.15) is 0 Å². The van der Waals surface area contributed by atoms with Crippen LogP contribution in [0.4, 0.5) is 0 Å². The Bertz CT molecular complexity index is 1300. The highest BCUT2D eigenvalue weighted by molar-refractivity contribution is 5.95. The van der Waals surface area contributed by atoms with E-state index < -0.39 is 12.1 Å². The average Bonchev–Trinajstić information content (AvgIpc) is 3.63. The molecule has 1 saturated heterocycles. The summed E-state index contributed by atoms with van der Waals surface area (Å²) < 4.78 is 21.7. The standard InChI is InChI=1S/C30H33N3O6/c34-25(18-33-12-10-32(11-13-33)17-22-6-8-26-28(15-22)38-19-36-26)24(14-21-4-2-1-3-5-21)31-30(35)23-7-9-27-29(16-23)39-20-37-27/h1-9,15-16,24-25,34H,10-14,17-20H2,(H,31,35)/t24-,25+/m0/s1. The first-order chi connectivity index (χ1) is 19.1. The van der Waals surface area contributed by atoms with Crippen LogP contribution in [0, 0.1) is 0 Å². The van der Waals surface area contributed by atoms with Crippen LogP contribution in [-0.2, 0) is 13.0 Å². The van der Waals surface area contributed by atoms with E-state index in [4.69, 9.17) is 18.9 Å². The first-order valence-corrected chi connectivity index (χ1v) is 13.4. The number of rotatable bonds is 9.